The summed E-state index contributed by atoms with van der Waals surface area (Å²) in [5, 5.41) is 3.86. The molecule has 0 saturated heterocycles. The fraction of sp³-hybridized carbons (Fsp3) is 0.143. The molecule has 0 amide bonds. The summed E-state index contributed by atoms with van der Waals surface area (Å²) in [4.78, 5) is 26.7. The molecule has 6 rings (SSSR count). The summed E-state index contributed by atoms with van der Waals surface area (Å²) in [6.45, 7) is 0. The molecule has 1 N–H and O–H groups in total. The van der Waals surface area contributed by atoms with Crippen LogP contribution in [-0.4, -0.2) is 20.8 Å². The minimum atomic E-state index is -0.477. The molecule has 3 heterocycles. The summed E-state index contributed by atoms with van der Waals surface area (Å²) >= 11 is 0. The molecule has 7 nitrogen and oxygen atoms in total. The Morgan fingerprint density at radius 3 is 2.44 bits per heavy atom. The molecule has 0 unspecified atom stereocenters. The Balaban J connectivity index is 1.87. The molecule has 0 aliphatic carbocycles. The molecule has 180 valence electrons. The van der Waals surface area contributed by atoms with E-state index < -0.39 is 23.1 Å². The minimum Gasteiger partial charge on any atom is -0.497 e. The van der Waals surface area contributed by atoms with E-state index in [0.29, 0.717) is 22.7 Å². The second kappa shape index (κ2) is 7.98. The molecule has 0 bridgehead atoms. The number of hydrogen-bond acceptors (Lipinski definition) is 4. The van der Waals surface area contributed by atoms with Crippen LogP contribution in [0.3, 0.4) is 0 Å². The van der Waals surface area contributed by atoms with Gasteiger partial charge in [-0.05, 0) is 42.0 Å². The second-order valence-electron chi connectivity index (χ2n) is 8.85. The normalized spacial score (nSPS) is 14.3. The number of nitrogens with zero attached hydrogens (tertiary/aromatic N) is 3. The number of ether oxygens (including phenoxy) is 1. The van der Waals surface area contributed by atoms with E-state index in [1.54, 1.807) is 32.4 Å². The van der Waals surface area contributed by atoms with Crippen molar-refractivity contribution in [1.29, 1.82) is 0 Å². The monoisotopic (exact) mass is 482 g/mol. The van der Waals surface area contributed by atoms with Crippen LogP contribution in [0.1, 0.15) is 17.3 Å². The van der Waals surface area contributed by atoms with Gasteiger partial charge in [-0.15, -0.1) is 0 Å². The number of nitrogens with one attached hydrogen (secondary N) is 1. The van der Waals surface area contributed by atoms with E-state index in [2.05, 4.69) is 5.32 Å². The Kier molecular flexibility index (Phi) is 4.86. The molecular weight excluding hydrogens is 459 g/mol. The third-order valence-corrected chi connectivity index (χ3v) is 6.88. The lowest BCUT2D eigenvalue weighted by Crippen LogP contribution is -2.37. The number of methoxy groups -OCH3 is 1. The van der Waals surface area contributed by atoms with Crippen LogP contribution >= 0.6 is 0 Å². The number of anilines is 1. The molecule has 3 aromatic carbocycles. The standard InChI is InChI=1S/C28H23FN4O3/c1-31-25-22(27(34)32(2)28(31)35)24(18-11-4-5-12-19(18)29)33-21-14-7-6-13-20(21)30-23(26(25)33)16-9-8-10-17(15-16)36-3/h4-15,23,30H,1-3H3/t23-/m1/s1. The largest absolute Gasteiger partial charge is 0.497 e. The Hall–Kier alpha value is -4.59. The van der Waals surface area contributed by atoms with Crippen molar-refractivity contribution in [2.45, 2.75) is 6.04 Å². The summed E-state index contributed by atoms with van der Waals surface area (Å²) < 4.78 is 25.3. The Morgan fingerprint density at radius 1 is 0.917 bits per heavy atom. The molecule has 0 radical (unpaired) electrons. The number of para-hydroxylation sites is 2. The number of benzene rings is 3. The lowest BCUT2D eigenvalue weighted by molar-refractivity contribution is 0.414. The highest BCUT2D eigenvalue weighted by atomic mass is 19.1. The maximum absolute atomic E-state index is 15.3. The summed E-state index contributed by atoms with van der Waals surface area (Å²) in [5.74, 6) is 0.222. The summed E-state index contributed by atoms with van der Waals surface area (Å²) in [7, 11) is 4.68. The predicted molar refractivity (Wildman–Crippen MR) is 138 cm³/mol. The van der Waals surface area contributed by atoms with Crippen molar-refractivity contribution >= 4 is 16.6 Å². The molecule has 8 heteroatoms. The van der Waals surface area contributed by atoms with Gasteiger partial charge in [-0.3, -0.25) is 13.9 Å². The Bertz CT molecular complexity index is 1800. The van der Waals surface area contributed by atoms with Crippen LogP contribution in [0.4, 0.5) is 10.1 Å². The van der Waals surface area contributed by atoms with E-state index in [4.69, 9.17) is 4.74 Å². The number of hydrogen-bond donors (Lipinski definition) is 1. The van der Waals surface area contributed by atoms with Crippen molar-refractivity contribution in [3.8, 4) is 22.7 Å². The number of halogens is 1. The average molecular weight is 483 g/mol. The predicted octanol–water partition coefficient (Wildman–Crippen LogP) is 4.36. The molecule has 36 heavy (non-hydrogen) atoms. The Morgan fingerprint density at radius 2 is 1.67 bits per heavy atom. The maximum atomic E-state index is 15.3. The molecule has 1 atom stereocenters. The zero-order valence-electron chi connectivity index (χ0n) is 19.9. The van der Waals surface area contributed by atoms with E-state index in [0.717, 1.165) is 21.5 Å². The molecule has 0 saturated carbocycles. The molecule has 2 aromatic heterocycles. The van der Waals surface area contributed by atoms with Crippen molar-refractivity contribution in [1.82, 2.24) is 13.7 Å². The average Bonchev–Trinajstić information content (AvgIpc) is 3.27. The molecule has 0 fully saturated rings. The van der Waals surface area contributed by atoms with Gasteiger partial charge < -0.3 is 14.6 Å². The molecule has 5 aromatic rings. The van der Waals surface area contributed by atoms with Gasteiger partial charge in [-0.2, -0.15) is 0 Å². The number of aryl methyl sites for hydroxylation is 1. The molecule has 1 aliphatic heterocycles. The second-order valence-corrected chi connectivity index (χ2v) is 8.85. The lowest BCUT2D eigenvalue weighted by atomic mass is 9.99. The highest BCUT2D eigenvalue weighted by molar-refractivity contribution is 5.99. The van der Waals surface area contributed by atoms with Gasteiger partial charge in [0.25, 0.3) is 5.56 Å². The van der Waals surface area contributed by atoms with Gasteiger partial charge in [-0.25, -0.2) is 9.18 Å². The van der Waals surface area contributed by atoms with Crippen LogP contribution in [0.15, 0.2) is 82.4 Å². The highest BCUT2D eigenvalue weighted by Crippen LogP contribution is 2.46. The van der Waals surface area contributed by atoms with E-state index in [1.165, 1.54) is 17.7 Å². The zero-order valence-corrected chi connectivity index (χ0v) is 19.9. The third kappa shape index (κ3) is 2.97. The smallest absolute Gasteiger partial charge is 0.331 e. The number of fused-ring (bicyclic) bond motifs is 5. The number of aromatic nitrogens is 3. The Labute approximate surface area is 205 Å². The fourth-order valence-corrected chi connectivity index (χ4v) is 5.20. The van der Waals surface area contributed by atoms with Crippen LogP contribution in [0.25, 0.3) is 27.8 Å². The van der Waals surface area contributed by atoms with Gasteiger partial charge >= 0.3 is 5.69 Å². The third-order valence-electron chi connectivity index (χ3n) is 6.88. The summed E-state index contributed by atoms with van der Waals surface area (Å²) in [5.41, 5.74) is 3.34. The van der Waals surface area contributed by atoms with Gasteiger partial charge in [0.1, 0.15) is 11.6 Å². The van der Waals surface area contributed by atoms with E-state index in [1.807, 2.05) is 53.1 Å². The first-order chi connectivity index (χ1) is 17.4. The van der Waals surface area contributed by atoms with Crippen LogP contribution < -0.4 is 21.3 Å². The first-order valence-electron chi connectivity index (χ1n) is 11.5. The summed E-state index contributed by atoms with van der Waals surface area (Å²) in [6, 6.07) is 21.2. The van der Waals surface area contributed by atoms with Crippen LogP contribution in [0.5, 0.6) is 5.75 Å². The van der Waals surface area contributed by atoms with Gasteiger partial charge in [0.15, 0.2) is 0 Å². The van der Waals surface area contributed by atoms with Crippen molar-refractivity contribution in [3.63, 3.8) is 0 Å². The van der Waals surface area contributed by atoms with Crippen LogP contribution in [0.2, 0.25) is 0 Å². The fourth-order valence-electron chi connectivity index (χ4n) is 5.20. The van der Waals surface area contributed by atoms with Crippen LogP contribution in [0, 0.1) is 5.82 Å². The first-order valence-corrected chi connectivity index (χ1v) is 11.5. The highest BCUT2D eigenvalue weighted by Gasteiger charge is 2.35. The van der Waals surface area contributed by atoms with Crippen molar-refractivity contribution in [2.24, 2.45) is 14.1 Å². The molecular formula is C28H23FN4O3. The van der Waals surface area contributed by atoms with Crippen LogP contribution in [-0.2, 0) is 14.1 Å². The van der Waals surface area contributed by atoms with E-state index in [-0.39, 0.29) is 10.9 Å². The topological polar surface area (TPSA) is 70.2 Å². The minimum absolute atomic E-state index is 0.283. The van der Waals surface area contributed by atoms with E-state index in [9.17, 15) is 9.59 Å². The maximum Gasteiger partial charge on any atom is 0.331 e. The first kappa shape index (κ1) is 21.9. The molecule has 0 spiro atoms. The van der Waals surface area contributed by atoms with Gasteiger partial charge in [0, 0.05) is 19.7 Å². The number of rotatable bonds is 3. The van der Waals surface area contributed by atoms with Crippen molar-refractivity contribution in [2.75, 3.05) is 12.4 Å². The lowest BCUT2D eigenvalue weighted by Gasteiger charge is -2.31. The zero-order chi connectivity index (χ0) is 25.1. The van der Waals surface area contributed by atoms with Crippen molar-refractivity contribution < 1.29 is 9.13 Å². The van der Waals surface area contributed by atoms with Gasteiger partial charge in [0.2, 0.25) is 0 Å². The van der Waals surface area contributed by atoms with Gasteiger partial charge in [-0.1, -0.05) is 36.4 Å². The van der Waals surface area contributed by atoms with Gasteiger partial charge in [0.05, 0.1) is 46.8 Å². The SMILES string of the molecule is COc1cccc([C@H]2Nc3ccccc3-n3c(-c4ccccc4F)c4c(=O)n(C)c(=O)n(C)c4c32)c1. The summed E-state index contributed by atoms with van der Waals surface area (Å²) in [6.07, 6.45) is 0. The molecule has 1 aliphatic rings. The van der Waals surface area contributed by atoms with E-state index >= 15 is 4.39 Å². The van der Waals surface area contributed by atoms with Crippen molar-refractivity contribution in [3.05, 3.63) is 111 Å². The quantitative estimate of drug-likeness (QED) is 0.415.